The summed E-state index contributed by atoms with van der Waals surface area (Å²) in [6, 6.07) is 13.8. The van der Waals surface area contributed by atoms with E-state index in [1.165, 1.54) is 23.9 Å². The molecule has 7 heteroatoms. The summed E-state index contributed by atoms with van der Waals surface area (Å²) in [5.74, 6) is -0.609. The van der Waals surface area contributed by atoms with Crippen molar-refractivity contribution < 1.29 is 13.9 Å². The van der Waals surface area contributed by atoms with Gasteiger partial charge in [-0.1, -0.05) is 24.3 Å². The number of nitrogens with zero attached hydrogens (tertiary/aromatic N) is 2. The van der Waals surface area contributed by atoms with Crippen molar-refractivity contribution in [2.45, 2.75) is 19.8 Å². The van der Waals surface area contributed by atoms with Crippen LogP contribution in [0.2, 0.25) is 0 Å². The summed E-state index contributed by atoms with van der Waals surface area (Å²) in [5, 5.41) is 2.71. The van der Waals surface area contributed by atoms with Gasteiger partial charge in [-0.2, -0.15) is 0 Å². The zero-order chi connectivity index (χ0) is 20.3. The Hall–Kier alpha value is -3.35. The molecule has 0 saturated heterocycles. The fourth-order valence-electron chi connectivity index (χ4n) is 3.04. The number of amides is 1. The number of aryl methyl sites for hydroxylation is 1. The highest BCUT2D eigenvalue weighted by Crippen LogP contribution is 2.19. The Morgan fingerprint density at radius 3 is 2.54 bits per heavy atom. The van der Waals surface area contributed by atoms with E-state index >= 15 is 0 Å². The minimum atomic E-state index is -0.468. The van der Waals surface area contributed by atoms with Crippen LogP contribution in [0.3, 0.4) is 0 Å². The van der Waals surface area contributed by atoms with Gasteiger partial charge in [0.15, 0.2) is 11.6 Å². The topological polar surface area (TPSA) is 65.3 Å². The van der Waals surface area contributed by atoms with Crippen molar-refractivity contribution >= 4 is 11.6 Å². The van der Waals surface area contributed by atoms with E-state index in [0.717, 1.165) is 0 Å². The molecule has 3 rings (SSSR count). The molecule has 1 heterocycles. The average Bonchev–Trinajstić information content (AvgIpc) is 2.90. The van der Waals surface area contributed by atoms with Crippen LogP contribution >= 0.6 is 0 Å². The van der Waals surface area contributed by atoms with Gasteiger partial charge in [0.1, 0.15) is 5.69 Å². The van der Waals surface area contributed by atoms with E-state index < -0.39 is 5.82 Å². The number of halogens is 1. The van der Waals surface area contributed by atoms with Crippen LogP contribution in [0.5, 0.6) is 5.75 Å². The standard InChI is InChI=1S/C21H22FN3O3/c1-14-20(21(27)25(24(14)2)16-7-5-4-6-8-16)23-19(26)12-10-15-9-11-18(28-3)17(22)13-15/h4-9,11,13H,10,12H2,1-3H3,(H,23,26). The normalized spacial score (nSPS) is 10.7. The Labute approximate surface area is 162 Å². The summed E-state index contributed by atoms with van der Waals surface area (Å²) in [6.07, 6.45) is 0.483. The van der Waals surface area contributed by atoms with E-state index in [2.05, 4.69) is 5.32 Å². The molecule has 0 aliphatic carbocycles. The number of hydrogen-bond donors (Lipinski definition) is 1. The van der Waals surface area contributed by atoms with Crippen molar-refractivity contribution in [2.75, 3.05) is 12.4 Å². The lowest BCUT2D eigenvalue weighted by molar-refractivity contribution is -0.116. The quantitative estimate of drug-likeness (QED) is 0.711. The van der Waals surface area contributed by atoms with Gasteiger partial charge in [-0.3, -0.25) is 14.3 Å². The van der Waals surface area contributed by atoms with E-state index in [1.54, 1.807) is 24.7 Å². The number of hydrogen-bond acceptors (Lipinski definition) is 3. The molecule has 0 fully saturated rings. The fraction of sp³-hybridized carbons (Fsp3) is 0.238. The summed E-state index contributed by atoms with van der Waals surface area (Å²) in [7, 11) is 3.16. The number of methoxy groups -OCH3 is 1. The number of carbonyl (C=O) groups excluding carboxylic acids is 1. The first kappa shape index (κ1) is 19.4. The van der Waals surface area contributed by atoms with Crippen LogP contribution in [0.25, 0.3) is 5.69 Å². The zero-order valence-electron chi connectivity index (χ0n) is 16.0. The zero-order valence-corrected chi connectivity index (χ0v) is 16.0. The Morgan fingerprint density at radius 1 is 1.18 bits per heavy atom. The van der Waals surface area contributed by atoms with Gasteiger partial charge in [-0.05, 0) is 43.2 Å². The number of anilines is 1. The lowest BCUT2D eigenvalue weighted by Gasteiger charge is -2.07. The van der Waals surface area contributed by atoms with E-state index in [1.807, 2.05) is 30.3 Å². The second-order valence-electron chi connectivity index (χ2n) is 6.45. The maximum absolute atomic E-state index is 13.8. The molecule has 0 spiro atoms. The third-order valence-corrected chi connectivity index (χ3v) is 4.68. The van der Waals surface area contributed by atoms with Gasteiger partial charge in [-0.25, -0.2) is 9.07 Å². The molecule has 0 radical (unpaired) electrons. The van der Waals surface area contributed by atoms with Crippen LogP contribution < -0.4 is 15.6 Å². The van der Waals surface area contributed by atoms with Gasteiger partial charge >= 0.3 is 0 Å². The molecule has 0 atom stereocenters. The molecule has 0 saturated carbocycles. The number of aromatic nitrogens is 2. The Bertz CT molecular complexity index is 1050. The summed E-state index contributed by atoms with van der Waals surface area (Å²) >= 11 is 0. The highest BCUT2D eigenvalue weighted by molar-refractivity contribution is 5.91. The lowest BCUT2D eigenvalue weighted by atomic mass is 10.1. The third kappa shape index (κ3) is 3.83. The molecular weight excluding hydrogens is 361 g/mol. The maximum atomic E-state index is 13.8. The first-order chi connectivity index (χ1) is 13.4. The van der Waals surface area contributed by atoms with Crippen molar-refractivity contribution in [1.29, 1.82) is 0 Å². The van der Waals surface area contributed by atoms with Crippen LogP contribution in [0.4, 0.5) is 10.1 Å². The molecule has 0 aliphatic rings. The maximum Gasteiger partial charge on any atom is 0.295 e. The van der Waals surface area contributed by atoms with Gasteiger partial charge < -0.3 is 10.1 Å². The van der Waals surface area contributed by atoms with Crippen LogP contribution in [-0.2, 0) is 18.3 Å². The number of nitrogens with one attached hydrogen (secondary N) is 1. The lowest BCUT2D eigenvalue weighted by Crippen LogP contribution is -2.23. The summed E-state index contributed by atoms with van der Waals surface area (Å²) in [5.41, 5.74) is 2.00. The molecule has 3 aromatic rings. The minimum absolute atomic E-state index is 0.130. The average molecular weight is 383 g/mol. The fourth-order valence-corrected chi connectivity index (χ4v) is 3.04. The molecular formula is C21H22FN3O3. The first-order valence-corrected chi connectivity index (χ1v) is 8.88. The molecule has 146 valence electrons. The van der Waals surface area contributed by atoms with Crippen molar-refractivity contribution in [3.63, 3.8) is 0 Å². The van der Waals surface area contributed by atoms with Gasteiger partial charge in [0.05, 0.1) is 18.5 Å². The van der Waals surface area contributed by atoms with Gasteiger partial charge in [-0.15, -0.1) is 0 Å². The number of para-hydroxylation sites is 1. The number of rotatable bonds is 6. The van der Waals surface area contributed by atoms with Crippen LogP contribution in [0.1, 0.15) is 17.7 Å². The third-order valence-electron chi connectivity index (χ3n) is 4.68. The van der Waals surface area contributed by atoms with Crippen molar-refractivity contribution in [1.82, 2.24) is 9.36 Å². The Morgan fingerprint density at radius 2 is 1.89 bits per heavy atom. The second-order valence-corrected chi connectivity index (χ2v) is 6.45. The Balaban J connectivity index is 1.74. The summed E-state index contributed by atoms with van der Waals surface area (Å²) in [6.45, 7) is 1.77. The van der Waals surface area contributed by atoms with Crippen LogP contribution in [-0.4, -0.2) is 22.4 Å². The molecule has 0 unspecified atom stereocenters. The SMILES string of the molecule is COc1ccc(CCC(=O)Nc2c(C)n(C)n(-c3ccccc3)c2=O)cc1F. The van der Waals surface area contributed by atoms with Crippen LogP contribution in [0, 0.1) is 12.7 Å². The van der Waals surface area contributed by atoms with Crippen molar-refractivity contribution in [3.05, 3.63) is 76.0 Å². The number of carbonyl (C=O) groups is 1. The van der Waals surface area contributed by atoms with Gasteiger partial charge in [0.2, 0.25) is 5.91 Å². The largest absolute Gasteiger partial charge is 0.494 e. The van der Waals surface area contributed by atoms with Crippen molar-refractivity contribution in [2.24, 2.45) is 7.05 Å². The van der Waals surface area contributed by atoms with Gasteiger partial charge in [0, 0.05) is 13.5 Å². The van der Waals surface area contributed by atoms with Crippen LogP contribution in [0.15, 0.2) is 53.3 Å². The molecule has 0 bridgehead atoms. The minimum Gasteiger partial charge on any atom is -0.494 e. The molecule has 28 heavy (non-hydrogen) atoms. The van der Waals surface area contributed by atoms with Crippen molar-refractivity contribution in [3.8, 4) is 11.4 Å². The number of benzene rings is 2. The molecule has 6 nitrogen and oxygen atoms in total. The van der Waals surface area contributed by atoms with Gasteiger partial charge in [0.25, 0.3) is 5.56 Å². The highest BCUT2D eigenvalue weighted by atomic mass is 19.1. The molecule has 1 amide bonds. The predicted molar refractivity (Wildman–Crippen MR) is 106 cm³/mol. The first-order valence-electron chi connectivity index (χ1n) is 8.88. The van der Waals surface area contributed by atoms with E-state index in [0.29, 0.717) is 23.4 Å². The van der Waals surface area contributed by atoms with E-state index in [-0.39, 0.29) is 29.3 Å². The molecule has 0 aliphatic heterocycles. The molecule has 1 N–H and O–H groups in total. The Kier molecular flexibility index (Phi) is 5.63. The van der Waals surface area contributed by atoms with E-state index in [9.17, 15) is 14.0 Å². The predicted octanol–water partition coefficient (Wildman–Crippen LogP) is 3.20. The number of ether oxygens (including phenoxy) is 1. The smallest absolute Gasteiger partial charge is 0.295 e. The summed E-state index contributed by atoms with van der Waals surface area (Å²) in [4.78, 5) is 25.2. The van der Waals surface area contributed by atoms with E-state index in [4.69, 9.17) is 4.74 Å². The summed E-state index contributed by atoms with van der Waals surface area (Å²) < 4.78 is 21.9. The molecule has 1 aromatic heterocycles. The molecule has 2 aromatic carbocycles. The monoisotopic (exact) mass is 383 g/mol. The highest BCUT2D eigenvalue weighted by Gasteiger charge is 2.18. The second kappa shape index (κ2) is 8.12.